The number of hydrogen-bond donors (Lipinski definition) is 0. The van der Waals surface area contributed by atoms with Crippen LogP contribution in [0.15, 0.2) is 87.5 Å². The van der Waals surface area contributed by atoms with Crippen LogP contribution < -0.4 is 0 Å². The molecular weight excluding hydrogens is 387 g/mol. The number of benzene rings is 2. The van der Waals surface area contributed by atoms with Crippen molar-refractivity contribution in [2.45, 2.75) is 21.7 Å². The summed E-state index contributed by atoms with van der Waals surface area (Å²) in [6.07, 6.45) is 0.959. The Kier molecular flexibility index (Phi) is 6.49. The average Bonchev–Trinajstić information content (AvgIpc) is 2.60. The molecule has 0 unspecified atom stereocenters. The van der Waals surface area contributed by atoms with E-state index >= 15 is 0 Å². The summed E-state index contributed by atoms with van der Waals surface area (Å²) in [7, 11) is -5.80. The van der Waals surface area contributed by atoms with E-state index in [4.69, 9.17) is 0 Å². The average molecular weight is 402 g/mol. The molecule has 0 aliphatic rings. The lowest BCUT2D eigenvalue weighted by atomic mass is 10.4. The Morgan fingerprint density at radius 1 is 1.04 bits per heavy atom. The van der Waals surface area contributed by atoms with Crippen LogP contribution >= 0.6 is 0 Å². The predicted octanol–water partition coefficient (Wildman–Crippen LogP) is 4.48. The van der Waals surface area contributed by atoms with E-state index in [2.05, 4.69) is 15.2 Å². The van der Waals surface area contributed by atoms with Gasteiger partial charge in [0.25, 0.3) is 5.90 Å². The van der Waals surface area contributed by atoms with Crippen molar-refractivity contribution >= 4 is 27.1 Å². The Morgan fingerprint density at radius 2 is 1.50 bits per heavy atom. The van der Waals surface area contributed by atoms with Crippen molar-refractivity contribution in [3.05, 3.63) is 73.3 Å². The van der Waals surface area contributed by atoms with Crippen LogP contribution in [0.25, 0.3) is 0 Å². The monoisotopic (exact) mass is 402 g/mol. The highest BCUT2D eigenvalue weighted by molar-refractivity contribution is 7.96. The smallest absolute Gasteiger partial charge is 0.355 e. The van der Waals surface area contributed by atoms with Crippen LogP contribution in [0.3, 0.4) is 0 Å². The maximum atomic E-state index is 12.6. The van der Waals surface area contributed by atoms with Gasteiger partial charge in [0.05, 0.1) is 0 Å². The first-order valence-electron chi connectivity index (χ1n) is 7.28. The topological polar surface area (TPSA) is 55.7 Å². The van der Waals surface area contributed by atoms with E-state index in [0.29, 0.717) is 9.79 Å². The summed E-state index contributed by atoms with van der Waals surface area (Å²) in [4.78, 5) is 1.40. The Hall–Kier alpha value is -2.26. The molecule has 0 bridgehead atoms. The van der Waals surface area contributed by atoms with Crippen molar-refractivity contribution in [2.75, 3.05) is 0 Å². The molecule has 0 aliphatic carbocycles. The van der Waals surface area contributed by atoms with E-state index in [1.807, 2.05) is 0 Å². The minimum atomic E-state index is -5.80. The van der Waals surface area contributed by atoms with Crippen LogP contribution in [0.2, 0.25) is 0 Å². The Bertz CT molecular complexity index is 828. The summed E-state index contributed by atoms with van der Waals surface area (Å²) in [6, 6.07) is 17.6. The van der Waals surface area contributed by atoms with Crippen LogP contribution in [0.5, 0.6) is 0 Å². The third-order valence-electron chi connectivity index (χ3n) is 2.93. The second-order valence-electron chi connectivity index (χ2n) is 4.87. The molecule has 0 aliphatic heterocycles. The summed E-state index contributed by atoms with van der Waals surface area (Å²) in [5.74, 6) is -0.576. The summed E-state index contributed by atoms with van der Waals surface area (Å²) in [6.45, 7) is 3.41. The Balaban J connectivity index is 2.49. The second-order valence-corrected chi connectivity index (χ2v) is 8.10. The van der Waals surface area contributed by atoms with Gasteiger partial charge in [0, 0.05) is 6.42 Å². The first-order valence-corrected chi connectivity index (χ1v) is 9.87. The number of nitrogens with zero attached hydrogens (tertiary/aromatic N) is 1. The van der Waals surface area contributed by atoms with Gasteiger partial charge < -0.3 is 4.18 Å². The molecular formula is C17H15F3NO3S2+. The molecule has 2 aromatic rings. The van der Waals surface area contributed by atoms with E-state index < -0.39 is 32.6 Å². The predicted molar refractivity (Wildman–Crippen MR) is 95.1 cm³/mol. The van der Waals surface area contributed by atoms with E-state index in [-0.39, 0.29) is 6.42 Å². The summed E-state index contributed by atoms with van der Waals surface area (Å²) >= 11 is -1.06. The molecule has 26 heavy (non-hydrogen) atoms. The fourth-order valence-corrected chi connectivity index (χ4v) is 3.95. The minimum absolute atomic E-state index is 0.265. The Morgan fingerprint density at radius 3 is 1.88 bits per heavy atom. The minimum Gasteiger partial charge on any atom is -0.355 e. The zero-order valence-corrected chi connectivity index (χ0v) is 15.0. The molecule has 0 aromatic heterocycles. The van der Waals surface area contributed by atoms with Crippen LogP contribution in [0, 0.1) is 0 Å². The highest BCUT2D eigenvalue weighted by atomic mass is 32.2. The van der Waals surface area contributed by atoms with Gasteiger partial charge in [-0.05, 0) is 28.7 Å². The van der Waals surface area contributed by atoms with Crippen LogP contribution in [-0.2, 0) is 25.4 Å². The Labute approximate surface area is 152 Å². The molecule has 9 heteroatoms. The highest BCUT2D eigenvalue weighted by Crippen LogP contribution is 2.28. The molecule has 0 atom stereocenters. The lowest BCUT2D eigenvalue weighted by Crippen LogP contribution is -2.28. The van der Waals surface area contributed by atoms with Crippen molar-refractivity contribution in [2.24, 2.45) is 4.40 Å². The maximum absolute atomic E-state index is 12.6. The third kappa shape index (κ3) is 5.12. The standard InChI is InChI=1S/C17H15F3NO3S2/c1-2-9-16(24-26(22,23)17(18,19)20)21-25(14-10-5-3-6-11-14)15-12-7-4-8-13-15/h2-8,10-13H,1,9H2/q+1/b21-16+. The lowest BCUT2D eigenvalue weighted by Gasteiger charge is -2.10. The molecule has 0 radical (unpaired) electrons. The van der Waals surface area contributed by atoms with Crippen molar-refractivity contribution in [1.82, 2.24) is 0 Å². The van der Waals surface area contributed by atoms with Gasteiger partial charge in [0.2, 0.25) is 11.1 Å². The second kappa shape index (κ2) is 8.41. The molecule has 0 saturated heterocycles. The van der Waals surface area contributed by atoms with Gasteiger partial charge in [-0.3, -0.25) is 0 Å². The fraction of sp³-hybridized carbons (Fsp3) is 0.118. The van der Waals surface area contributed by atoms with E-state index in [1.54, 1.807) is 60.7 Å². The quantitative estimate of drug-likeness (QED) is 0.179. The molecule has 0 amide bonds. The van der Waals surface area contributed by atoms with Crippen LogP contribution in [0.1, 0.15) is 6.42 Å². The molecule has 0 fully saturated rings. The van der Waals surface area contributed by atoms with Gasteiger partial charge in [0.15, 0.2) is 9.79 Å². The van der Waals surface area contributed by atoms with Crippen molar-refractivity contribution < 1.29 is 25.8 Å². The van der Waals surface area contributed by atoms with Gasteiger partial charge >= 0.3 is 15.6 Å². The summed E-state index contributed by atoms with van der Waals surface area (Å²) < 4.78 is 69.0. The van der Waals surface area contributed by atoms with Crippen LogP contribution in [-0.4, -0.2) is 19.8 Å². The normalized spacial score (nSPS) is 12.8. The molecule has 0 spiro atoms. The molecule has 2 aromatic carbocycles. The summed E-state index contributed by atoms with van der Waals surface area (Å²) in [5, 5.41) is 0. The van der Waals surface area contributed by atoms with Gasteiger partial charge in [0.1, 0.15) is 0 Å². The number of hydrogen-bond acceptors (Lipinski definition) is 4. The van der Waals surface area contributed by atoms with E-state index in [0.717, 1.165) is 0 Å². The van der Waals surface area contributed by atoms with Crippen molar-refractivity contribution in [1.29, 1.82) is 0 Å². The van der Waals surface area contributed by atoms with Gasteiger partial charge in [-0.15, -0.1) is 6.58 Å². The molecule has 138 valence electrons. The van der Waals surface area contributed by atoms with Gasteiger partial charge in [-0.2, -0.15) is 21.6 Å². The highest BCUT2D eigenvalue weighted by Gasteiger charge is 2.49. The van der Waals surface area contributed by atoms with Gasteiger partial charge in [-0.1, -0.05) is 42.5 Å². The van der Waals surface area contributed by atoms with E-state index in [1.165, 1.54) is 6.08 Å². The molecule has 0 heterocycles. The summed E-state index contributed by atoms with van der Waals surface area (Å²) in [5.41, 5.74) is -5.53. The zero-order chi connectivity index (χ0) is 19.2. The SMILES string of the molecule is C=CC/C(=N\[S+](c1ccccc1)c1ccccc1)OS(=O)(=O)C(F)(F)F. The molecule has 0 saturated carbocycles. The maximum Gasteiger partial charge on any atom is 0.534 e. The lowest BCUT2D eigenvalue weighted by molar-refractivity contribution is -0.0505. The van der Waals surface area contributed by atoms with Gasteiger partial charge in [-0.25, -0.2) is 0 Å². The molecule has 2 rings (SSSR count). The van der Waals surface area contributed by atoms with Crippen LogP contribution in [0.4, 0.5) is 13.2 Å². The molecule has 0 N–H and O–H groups in total. The number of rotatable bonds is 6. The zero-order valence-electron chi connectivity index (χ0n) is 13.4. The van der Waals surface area contributed by atoms with Crippen molar-refractivity contribution in [3.8, 4) is 0 Å². The first kappa shape index (κ1) is 20.1. The number of alkyl halides is 3. The number of halogens is 3. The van der Waals surface area contributed by atoms with Crippen molar-refractivity contribution in [3.63, 3.8) is 0 Å². The first-order chi connectivity index (χ1) is 12.2. The molecule has 4 nitrogen and oxygen atoms in total. The third-order valence-corrected chi connectivity index (χ3v) is 5.74. The largest absolute Gasteiger partial charge is 0.534 e. The van der Waals surface area contributed by atoms with E-state index in [9.17, 15) is 21.6 Å². The fourth-order valence-electron chi connectivity index (χ4n) is 1.83.